The van der Waals surface area contributed by atoms with E-state index in [2.05, 4.69) is 51.6 Å². The van der Waals surface area contributed by atoms with Crippen molar-refractivity contribution in [3.8, 4) is 11.8 Å². The standard InChI is InChI=1S/C11H16N4O.C9H20.C6H12O2.C4H10/c1-4-6-7-15(5-2)10-9(12)8-13-14(3)11(10)16;1-4-6-7-8-9(3)5-2;1-5(7)8-6(2,3)4;1-3-4-2/h8H,5,7,12H2,1-3H3;9H,4-8H2,1-3H3;1-4H3;3-4H2,1-2H3. The highest BCUT2D eigenvalue weighted by atomic mass is 16.6. The zero-order chi connectivity index (χ0) is 29.4. The molecule has 0 aromatic carbocycles. The van der Waals surface area contributed by atoms with E-state index in [0.717, 1.165) is 5.92 Å². The number of hydrogen-bond acceptors (Lipinski definition) is 6. The van der Waals surface area contributed by atoms with Gasteiger partial charge in [-0.1, -0.05) is 85.5 Å². The summed E-state index contributed by atoms with van der Waals surface area (Å²) in [4.78, 5) is 24.0. The topological polar surface area (TPSA) is 90.5 Å². The monoisotopic (exact) mass is 522 g/mol. The Balaban J connectivity index is -0.000000469. The Hall–Kier alpha value is -2.49. The van der Waals surface area contributed by atoms with Gasteiger partial charge < -0.3 is 15.4 Å². The van der Waals surface area contributed by atoms with Gasteiger partial charge in [0.15, 0.2) is 0 Å². The van der Waals surface area contributed by atoms with E-state index in [1.54, 1.807) is 14.0 Å². The quantitative estimate of drug-likeness (QED) is 0.214. The molecule has 37 heavy (non-hydrogen) atoms. The number of aryl methyl sites for hydroxylation is 1. The predicted octanol–water partition coefficient (Wildman–Crippen LogP) is 6.98. The summed E-state index contributed by atoms with van der Waals surface area (Å²) in [5, 5.41) is 3.85. The van der Waals surface area contributed by atoms with E-state index in [4.69, 9.17) is 10.5 Å². The average molecular weight is 523 g/mol. The van der Waals surface area contributed by atoms with Gasteiger partial charge in [0.05, 0.1) is 18.4 Å². The predicted molar refractivity (Wildman–Crippen MR) is 161 cm³/mol. The van der Waals surface area contributed by atoms with Crippen molar-refractivity contribution in [2.75, 3.05) is 23.7 Å². The number of unbranched alkanes of at least 4 members (excludes halogenated alkanes) is 3. The van der Waals surface area contributed by atoms with Gasteiger partial charge in [-0.25, -0.2) is 4.68 Å². The average Bonchev–Trinajstić information content (AvgIpc) is 2.83. The fourth-order valence-corrected chi connectivity index (χ4v) is 2.76. The summed E-state index contributed by atoms with van der Waals surface area (Å²) < 4.78 is 6.07. The Morgan fingerprint density at radius 2 is 1.70 bits per heavy atom. The molecule has 1 aromatic heterocycles. The first-order valence-corrected chi connectivity index (χ1v) is 13.9. The van der Waals surface area contributed by atoms with Crippen molar-refractivity contribution in [3.05, 3.63) is 16.6 Å². The molecule has 0 saturated heterocycles. The minimum absolute atomic E-state index is 0.195. The fraction of sp³-hybridized carbons (Fsp3) is 0.767. The van der Waals surface area contributed by atoms with E-state index >= 15 is 0 Å². The minimum Gasteiger partial charge on any atom is -0.460 e. The molecule has 0 aliphatic heterocycles. The zero-order valence-corrected chi connectivity index (χ0v) is 26.2. The number of ether oxygens (including phenoxy) is 1. The molecule has 0 amide bonds. The van der Waals surface area contributed by atoms with E-state index in [0.29, 0.717) is 24.5 Å². The van der Waals surface area contributed by atoms with Crippen LogP contribution in [0.5, 0.6) is 0 Å². The van der Waals surface area contributed by atoms with Gasteiger partial charge in [-0.3, -0.25) is 9.59 Å². The highest BCUT2D eigenvalue weighted by molar-refractivity contribution is 5.66. The Morgan fingerprint density at radius 1 is 1.14 bits per heavy atom. The van der Waals surface area contributed by atoms with Crippen LogP contribution in [0.2, 0.25) is 0 Å². The summed E-state index contributed by atoms with van der Waals surface area (Å²) in [6, 6.07) is 0. The van der Waals surface area contributed by atoms with Crippen molar-refractivity contribution in [2.45, 2.75) is 127 Å². The molecule has 0 aliphatic carbocycles. The lowest BCUT2D eigenvalue weighted by Gasteiger charge is -2.21. The third-order valence-electron chi connectivity index (χ3n) is 5.23. The van der Waals surface area contributed by atoms with Crippen molar-refractivity contribution in [1.82, 2.24) is 9.78 Å². The van der Waals surface area contributed by atoms with Crippen LogP contribution < -0.4 is 16.2 Å². The Morgan fingerprint density at radius 3 is 2.05 bits per heavy atom. The van der Waals surface area contributed by atoms with E-state index in [1.165, 1.54) is 62.7 Å². The first-order chi connectivity index (χ1) is 17.3. The second-order valence-corrected chi connectivity index (χ2v) is 10.0. The molecule has 0 bridgehead atoms. The van der Waals surface area contributed by atoms with E-state index in [9.17, 15) is 9.59 Å². The molecule has 7 nitrogen and oxygen atoms in total. The molecular formula is C30H58N4O3. The molecular weight excluding hydrogens is 464 g/mol. The van der Waals surface area contributed by atoms with Crippen LogP contribution in [0.1, 0.15) is 121 Å². The van der Waals surface area contributed by atoms with Crippen molar-refractivity contribution in [1.29, 1.82) is 0 Å². The van der Waals surface area contributed by atoms with Crippen molar-refractivity contribution in [2.24, 2.45) is 13.0 Å². The minimum atomic E-state index is -0.328. The van der Waals surface area contributed by atoms with Gasteiger partial charge in [0, 0.05) is 20.5 Å². The Bertz CT molecular complexity index is 815. The summed E-state index contributed by atoms with van der Waals surface area (Å²) in [6.07, 6.45) is 11.1. The maximum absolute atomic E-state index is 11.9. The molecule has 216 valence electrons. The van der Waals surface area contributed by atoms with Gasteiger partial charge in [0.2, 0.25) is 0 Å². The second-order valence-electron chi connectivity index (χ2n) is 10.0. The van der Waals surface area contributed by atoms with Gasteiger partial charge in [0.1, 0.15) is 11.3 Å². The first kappa shape index (κ1) is 39.0. The molecule has 0 radical (unpaired) electrons. The Kier molecular flexibility index (Phi) is 25.2. The number of carbonyl (C=O) groups excluding carboxylic acids is 1. The molecule has 1 atom stereocenters. The third kappa shape index (κ3) is 23.6. The highest BCUT2D eigenvalue weighted by Gasteiger charge is 2.13. The van der Waals surface area contributed by atoms with Crippen molar-refractivity contribution in [3.63, 3.8) is 0 Å². The van der Waals surface area contributed by atoms with Crippen LogP contribution in [0.3, 0.4) is 0 Å². The maximum atomic E-state index is 11.9. The van der Waals surface area contributed by atoms with Crippen LogP contribution in [0, 0.1) is 17.8 Å². The molecule has 0 spiro atoms. The number of nitrogen functional groups attached to an aromatic ring is 1. The van der Waals surface area contributed by atoms with Crippen LogP contribution in [-0.2, 0) is 16.6 Å². The summed E-state index contributed by atoms with van der Waals surface area (Å²) in [5.41, 5.74) is 6.12. The van der Waals surface area contributed by atoms with Crippen LogP contribution in [0.25, 0.3) is 0 Å². The first-order valence-electron chi connectivity index (χ1n) is 13.9. The highest BCUT2D eigenvalue weighted by Crippen LogP contribution is 2.15. The molecule has 2 N–H and O–H groups in total. The van der Waals surface area contributed by atoms with Crippen LogP contribution >= 0.6 is 0 Å². The number of esters is 1. The largest absolute Gasteiger partial charge is 0.460 e. The molecule has 0 saturated carbocycles. The van der Waals surface area contributed by atoms with E-state index < -0.39 is 0 Å². The number of aromatic nitrogens is 2. The van der Waals surface area contributed by atoms with Gasteiger partial charge in [-0.05, 0) is 40.5 Å². The van der Waals surface area contributed by atoms with E-state index in [1.807, 2.05) is 32.6 Å². The number of hydrogen-bond donors (Lipinski definition) is 1. The summed E-state index contributed by atoms with van der Waals surface area (Å²) in [7, 11) is 1.60. The molecule has 0 aliphatic rings. The SMILES string of the molecule is CC#CCN(CC)c1c(N)cnn(C)c1=O.CC(=O)OC(C)(C)C.CCCC.CCCCCC(C)CC. The lowest BCUT2D eigenvalue weighted by Crippen LogP contribution is -2.33. The molecule has 1 rings (SSSR count). The van der Waals surface area contributed by atoms with Crippen LogP contribution in [0.15, 0.2) is 11.0 Å². The van der Waals surface area contributed by atoms with Crippen LogP contribution in [0.4, 0.5) is 11.4 Å². The molecule has 1 aromatic rings. The van der Waals surface area contributed by atoms with Gasteiger partial charge in [-0.15, -0.1) is 5.92 Å². The number of anilines is 2. The summed E-state index contributed by atoms with van der Waals surface area (Å²) >= 11 is 0. The number of nitrogens with two attached hydrogens (primary N) is 1. The number of carbonyl (C=O) groups is 1. The van der Waals surface area contributed by atoms with Gasteiger partial charge >= 0.3 is 5.97 Å². The lowest BCUT2D eigenvalue weighted by molar-refractivity contribution is -0.151. The number of nitrogens with zero attached hydrogens (tertiary/aromatic N) is 3. The Labute approximate surface area is 228 Å². The summed E-state index contributed by atoms with van der Waals surface area (Å²) in [6.45, 7) is 23.1. The molecule has 1 heterocycles. The van der Waals surface area contributed by atoms with Crippen molar-refractivity contribution >= 4 is 17.3 Å². The van der Waals surface area contributed by atoms with Crippen LogP contribution in [-0.4, -0.2) is 34.4 Å². The number of rotatable bonds is 9. The van der Waals surface area contributed by atoms with E-state index in [-0.39, 0.29) is 17.1 Å². The lowest BCUT2D eigenvalue weighted by atomic mass is 10.0. The second kappa shape index (κ2) is 23.9. The normalized spacial score (nSPS) is 10.6. The van der Waals surface area contributed by atoms with Gasteiger partial charge in [-0.2, -0.15) is 5.10 Å². The maximum Gasteiger partial charge on any atom is 0.303 e. The third-order valence-corrected chi connectivity index (χ3v) is 5.23. The summed E-state index contributed by atoms with van der Waals surface area (Å²) in [5.74, 6) is 6.45. The van der Waals surface area contributed by atoms with Gasteiger partial charge in [0.25, 0.3) is 5.56 Å². The van der Waals surface area contributed by atoms with Crippen molar-refractivity contribution < 1.29 is 9.53 Å². The molecule has 7 heteroatoms. The fourth-order valence-electron chi connectivity index (χ4n) is 2.76. The molecule has 0 fully saturated rings. The molecule has 1 unspecified atom stereocenters. The zero-order valence-electron chi connectivity index (χ0n) is 26.2. The smallest absolute Gasteiger partial charge is 0.303 e.